The van der Waals surface area contributed by atoms with Crippen molar-refractivity contribution in [1.29, 1.82) is 0 Å². The summed E-state index contributed by atoms with van der Waals surface area (Å²) in [6.45, 7) is 3.97. The average Bonchev–Trinajstić information content (AvgIpc) is 2.50. The number of methoxy groups -OCH3 is 1. The molecule has 0 aliphatic carbocycles. The van der Waals surface area contributed by atoms with E-state index in [1.165, 1.54) is 0 Å². The Morgan fingerprint density at radius 3 is 2.38 bits per heavy atom. The van der Waals surface area contributed by atoms with Crippen molar-refractivity contribution in [3.05, 3.63) is 53.6 Å². The van der Waals surface area contributed by atoms with Gasteiger partial charge in [0.15, 0.2) is 6.61 Å². The minimum Gasteiger partial charge on any atom is -0.497 e. The molecule has 0 heterocycles. The van der Waals surface area contributed by atoms with E-state index in [2.05, 4.69) is 5.32 Å². The molecule has 0 aliphatic rings. The summed E-state index contributed by atoms with van der Waals surface area (Å²) < 4.78 is 10.5. The monoisotopic (exact) mass is 285 g/mol. The Morgan fingerprint density at radius 1 is 1.05 bits per heavy atom. The van der Waals surface area contributed by atoms with Crippen LogP contribution in [0.3, 0.4) is 0 Å². The first-order valence-electron chi connectivity index (χ1n) is 6.73. The van der Waals surface area contributed by atoms with Gasteiger partial charge in [-0.25, -0.2) is 0 Å². The van der Waals surface area contributed by atoms with Crippen LogP contribution in [-0.2, 0) is 4.79 Å². The molecular formula is C17H19NO3. The summed E-state index contributed by atoms with van der Waals surface area (Å²) >= 11 is 0. The van der Waals surface area contributed by atoms with Crippen molar-refractivity contribution in [1.82, 2.24) is 0 Å². The smallest absolute Gasteiger partial charge is 0.262 e. The molecule has 0 spiro atoms. The van der Waals surface area contributed by atoms with E-state index in [0.717, 1.165) is 22.6 Å². The Bertz CT molecular complexity index is 620. The quantitative estimate of drug-likeness (QED) is 0.916. The third kappa shape index (κ3) is 3.99. The van der Waals surface area contributed by atoms with Gasteiger partial charge in [0, 0.05) is 5.69 Å². The highest BCUT2D eigenvalue weighted by molar-refractivity contribution is 5.92. The van der Waals surface area contributed by atoms with Gasteiger partial charge >= 0.3 is 0 Å². The number of aryl methyl sites for hydroxylation is 1. The van der Waals surface area contributed by atoms with Gasteiger partial charge < -0.3 is 14.8 Å². The van der Waals surface area contributed by atoms with Crippen LogP contribution < -0.4 is 14.8 Å². The molecule has 2 rings (SSSR count). The van der Waals surface area contributed by atoms with Crippen LogP contribution in [0, 0.1) is 13.8 Å². The molecule has 0 fully saturated rings. The van der Waals surface area contributed by atoms with Crippen molar-refractivity contribution < 1.29 is 14.3 Å². The zero-order valence-electron chi connectivity index (χ0n) is 12.5. The Labute approximate surface area is 124 Å². The first kappa shape index (κ1) is 14.9. The number of carbonyl (C=O) groups excluding carboxylic acids is 1. The molecule has 2 aromatic carbocycles. The predicted octanol–water partition coefficient (Wildman–Crippen LogP) is 3.33. The van der Waals surface area contributed by atoms with E-state index < -0.39 is 0 Å². The van der Waals surface area contributed by atoms with Crippen LogP contribution in [0.2, 0.25) is 0 Å². The third-order valence-corrected chi connectivity index (χ3v) is 3.31. The molecule has 0 saturated carbocycles. The number of rotatable bonds is 5. The molecule has 0 aliphatic heterocycles. The van der Waals surface area contributed by atoms with Crippen LogP contribution in [0.15, 0.2) is 42.5 Å². The second kappa shape index (κ2) is 6.79. The maximum atomic E-state index is 11.9. The molecule has 0 radical (unpaired) electrons. The van der Waals surface area contributed by atoms with Gasteiger partial charge in [0.05, 0.1) is 7.11 Å². The summed E-state index contributed by atoms with van der Waals surface area (Å²) in [5.41, 5.74) is 3.03. The van der Waals surface area contributed by atoms with Gasteiger partial charge in [-0.15, -0.1) is 0 Å². The summed E-state index contributed by atoms with van der Waals surface area (Å²) in [6, 6.07) is 12.9. The van der Waals surface area contributed by atoms with E-state index in [1.807, 2.05) is 32.0 Å². The van der Waals surface area contributed by atoms with Crippen LogP contribution in [0.5, 0.6) is 11.5 Å². The van der Waals surface area contributed by atoms with Gasteiger partial charge in [-0.05, 0) is 55.3 Å². The SMILES string of the molecule is COc1ccc(OCC(=O)Nc2cccc(C)c2C)cc1. The number of hydrogen-bond donors (Lipinski definition) is 1. The molecule has 110 valence electrons. The molecule has 1 N–H and O–H groups in total. The normalized spacial score (nSPS) is 10.0. The molecule has 21 heavy (non-hydrogen) atoms. The highest BCUT2D eigenvalue weighted by Crippen LogP contribution is 2.19. The molecule has 0 unspecified atom stereocenters. The summed E-state index contributed by atoms with van der Waals surface area (Å²) in [4.78, 5) is 11.9. The second-order valence-corrected chi connectivity index (χ2v) is 4.76. The fourth-order valence-corrected chi connectivity index (χ4v) is 1.89. The number of hydrogen-bond acceptors (Lipinski definition) is 3. The highest BCUT2D eigenvalue weighted by Gasteiger charge is 2.07. The maximum Gasteiger partial charge on any atom is 0.262 e. The largest absolute Gasteiger partial charge is 0.497 e. The number of carbonyl (C=O) groups is 1. The average molecular weight is 285 g/mol. The van der Waals surface area contributed by atoms with Crippen LogP contribution in [0.4, 0.5) is 5.69 Å². The van der Waals surface area contributed by atoms with Gasteiger partial charge in [-0.3, -0.25) is 4.79 Å². The van der Waals surface area contributed by atoms with Crippen molar-refractivity contribution in [2.75, 3.05) is 19.0 Å². The Balaban J connectivity index is 1.91. The summed E-state index contributed by atoms with van der Waals surface area (Å²) in [5.74, 6) is 1.20. The van der Waals surface area contributed by atoms with E-state index in [0.29, 0.717) is 5.75 Å². The molecule has 4 heteroatoms. The fourth-order valence-electron chi connectivity index (χ4n) is 1.89. The minimum absolute atomic E-state index is 0.0281. The molecule has 0 atom stereocenters. The van der Waals surface area contributed by atoms with Gasteiger partial charge in [-0.2, -0.15) is 0 Å². The van der Waals surface area contributed by atoms with Crippen LogP contribution in [0.25, 0.3) is 0 Å². The summed E-state index contributed by atoms with van der Waals surface area (Å²) in [6.07, 6.45) is 0. The van der Waals surface area contributed by atoms with Crippen molar-refractivity contribution in [2.24, 2.45) is 0 Å². The van der Waals surface area contributed by atoms with Gasteiger partial charge in [0.2, 0.25) is 0 Å². The molecule has 0 aromatic heterocycles. The fraction of sp³-hybridized carbons (Fsp3) is 0.235. The number of benzene rings is 2. The minimum atomic E-state index is -0.181. The van der Waals surface area contributed by atoms with Crippen LogP contribution in [-0.4, -0.2) is 19.6 Å². The van der Waals surface area contributed by atoms with Crippen molar-refractivity contribution in [3.8, 4) is 11.5 Å². The lowest BCUT2D eigenvalue weighted by Crippen LogP contribution is -2.20. The number of amides is 1. The molecule has 1 amide bonds. The predicted molar refractivity (Wildman–Crippen MR) is 83.0 cm³/mol. The van der Waals surface area contributed by atoms with E-state index in [-0.39, 0.29) is 12.5 Å². The highest BCUT2D eigenvalue weighted by atomic mass is 16.5. The van der Waals surface area contributed by atoms with E-state index >= 15 is 0 Å². The third-order valence-electron chi connectivity index (χ3n) is 3.31. The van der Waals surface area contributed by atoms with Gasteiger partial charge in [0.1, 0.15) is 11.5 Å². The van der Waals surface area contributed by atoms with Crippen molar-refractivity contribution in [3.63, 3.8) is 0 Å². The van der Waals surface area contributed by atoms with Gasteiger partial charge in [0.25, 0.3) is 5.91 Å². The maximum absolute atomic E-state index is 11.9. The van der Waals surface area contributed by atoms with Crippen molar-refractivity contribution in [2.45, 2.75) is 13.8 Å². The number of anilines is 1. The molecule has 4 nitrogen and oxygen atoms in total. The zero-order chi connectivity index (χ0) is 15.2. The van der Waals surface area contributed by atoms with Crippen LogP contribution in [0.1, 0.15) is 11.1 Å². The number of ether oxygens (including phenoxy) is 2. The van der Waals surface area contributed by atoms with Crippen molar-refractivity contribution >= 4 is 11.6 Å². The van der Waals surface area contributed by atoms with Gasteiger partial charge in [-0.1, -0.05) is 12.1 Å². The summed E-state index contributed by atoms with van der Waals surface area (Å²) in [7, 11) is 1.60. The molecule has 0 saturated heterocycles. The molecule has 0 bridgehead atoms. The lowest BCUT2D eigenvalue weighted by molar-refractivity contribution is -0.118. The van der Waals surface area contributed by atoms with E-state index in [4.69, 9.17) is 9.47 Å². The lowest BCUT2D eigenvalue weighted by atomic mass is 10.1. The number of nitrogens with one attached hydrogen (secondary N) is 1. The zero-order valence-corrected chi connectivity index (χ0v) is 12.5. The Kier molecular flexibility index (Phi) is 4.82. The lowest BCUT2D eigenvalue weighted by Gasteiger charge is -2.11. The topological polar surface area (TPSA) is 47.6 Å². The first-order valence-corrected chi connectivity index (χ1v) is 6.73. The van der Waals surface area contributed by atoms with E-state index in [1.54, 1.807) is 31.4 Å². The van der Waals surface area contributed by atoms with Crippen LogP contribution >= 0.6 is 0 Å². The molecule has 2 aromatic rings. The first-order chi connectivity index (χ1) is 10.1. The Morgan fingerprint density at radius 2 is 1.71 bits per heavy atom. The Hall–Kier alpha value is -2.49. The molecular weight excluding hydrogens is 266 g/mol. The second-order valence-electron chi connectivity index (χ2n) is 4.76. The standard InChI is InChI=1S/C17H19NO3/c1-12-5-4-6-16(13(12)2)18-17(19)11-21-15-9-7-14(20-3)8-10-15/h4-10H,11H2,1-3H3,(H,18,19). The van der Waals surface area contributed by atoms with E-state index in [9.17, 15) is 4.79 Å². The summed E-state index contributed by atoms with van der Waals surface area (Å²) in [5, 5.41) is 2.86.